The highest BCUT2D eigenvalue weighted by Crippen LogP contribution is 1.87. The Hall–Kier alpha value is -1.19. The smallest absolute Gasteiger partial charge is 0.164 e. The Morgan fingerprint density at radius 3 is 2.62 bits per heavy atom. The van der Waals surface area contributed by atoms with Gasteiger partial charge >= 0.3 is 0 Å². The molecule has 0 aliphatic heterocycles. The topological polar surface area (TPSA) is 64.7 Å². The van der Waals surface area contributed by atoms with Crippen LogP contribution in [0.3, 0.4) is 0 Å². The first-order valence-electron chi connectivity index (χ1n) is 2.21. The van der Waals surface area contributed by atoms with Gasteiger partial charge in [-0.2, -0.15) is 0 Å². The van der Waals surface area contributed by atoms with Crippen LogP contribution in [0.15, 0.2) is 6.20 Å². The summed E-state index contributed by atoms with van der Waals surface area (Å²) in [6.45, 7) is 1.76. The van der Waals surface area contributed by atoms with Gasteiger partial charge in [-0.1, -0.05) is 0 Å². The maximum atomic E-state index is 5.19. The van der Waals surface area contributed by atoms with Crippen molar-refractivity contribution < 1.29 is 0 Å². The molecule has 8 heavy (non-hydrogen) atoms. The van der Waals surface area contributed by atoms with Crippen molar-refractivity contribution in [1.82, 2.24) is 15.2 Å². The van der Waals surface area contributed by atoms with E-state index < -0.39 is 0 Å². The van der Waals surface area contributed by atoms with Gasteiger partial charge in [0.25, 0.3) is 0 Å². The highest BCUT2D eigenvalue weighted by Gasteiger charge is 1.84. The van der Waals surface area contributed by atoms with Crippen LogP contribution in [-0.4, -0.2) is 15.2 Å². The first-order chi connectivity index (χ1) is 3.79. The summed E-state index contributed by atoms with van der Waals surface area (Å²) in [4.78, 5) is 3.78. The lowest BCUT2D eigenvalue weighted by Crippen LogP contribution is -1.95. The third-order valence-corrected chi connectivity index (χ3v) is 0.694. The first-order valence-corrected chi connectivity index (χ1v) is 2.21. The molecule has 0 amide bonds. The fraction of sp³-hybridized carbons (Fsp3) is 0.250. The molecule has 0 atom stereocenters. The average Bonchev–Trinajstić information content (AvgIpc) is 1.77. The van der Waals surface area contributed by atoms with Crippen LogP contribution in [-0.2, 0) is 0 Å². The van der Waals surface area contributed by atoms with Crippen molar-refractivity contribution in [1.29, 1.82) is 0 Å². The maximum Gasteiger partial charge on any atom is 0.164 e. The molecule has 1 aromatic rings. The van der Waals surface area contributed by atoms with Gasteiger partial charge in [0.2, 0.25) is 0 Å². The van der Waals surface area contributed by atoms with Crippen molar-refractivity contribution in [3.63, 3.8) is 0 Å². The molecule has 1 aromatic heterocycles. The van der Waals surface area contributed by atoms with Gasteiger partial charge in [-0.15, -0.1) is 10.2 Å². The number of aromatic nitrogens is 3. The van der Waals surface area contributed by atoms with Gasteiger partial charge in [-0.25, -0.2) is 4.98 Å². The lowest BCUT2D eigenvalue weighted by molar-refractivity contribution is 0.917. The Labute approximate surface area is 46.8 Å². The molecule has 1 rings (SSSR count). The Morgan fingerprint density at radius 1 is 1.50 bits per heavy atom. The van der Waals surface area contributed by atoms with E-state index >= 15 is 0 Å². The Kier molecular flexibility index (Phi) is 1.07. The van der Waals surface area contributed by atoms with Gasteiger partial charge in [0.15, 0.2) is 5.82 Å². The highest BCUT2D eigenvalue weighted by molar-refractivity contribution is 5.19. The summed E-state index contributed by atoms with van der Waals surface area (Å²) < 4.78 is 0. The molecule has 0 aliphatic rings. The van der Waals surface area contributed by atoms with Crippen molar-refractivity contribution in [3.8, 4) is 0 Å². The normalized spacial score (nSPS) is 9.12. The van der Waals surface area contributed by atoms with E-state index in [1.165, 1.54) is 6.20 Å². The predicted molar refractivity (Wildman–Crippen MR) is 29.0 cm³/mol. The molecule has 4 nitrogen and oxygen atoms in total. The van der Waals surface area contributed by atoms with E-state index in [4.69, 9.17) is 5.73 Å². The summed E-state index contributed by atoms with van der Waals surface area (Å²) >= 11 is 0. The second-order valence-corrected chi connectivity index (χ2v) is 1.43. The van der Waals surface area contributed by atoms with Gasteiger partial charge in [0, 0.05) is 0 Å². The van der Waals surface area contributed by atoms with E-state index in [2.05, 4.69) is 15.2 Å². The predicted octanol–water partition coefficient (Wildman–Crippen LogP) is -0.238. The van der Waals surface area contributed by atoms with Crippen LogP contribution in [0.1, 0.15) is 5.82 Å². The van der Waals surface area contributed by atoms with Crippen LogP contribution >= 0.6 is 0 Å². The Balaban J connectivity index is 3.03. The minimum absolute atomic E-state index is 0.357. The zero-order valence-corrected chi connectivity index (χ0v) is 4.50. The van der Waals surface area contributed by atoms with Gasteiger partial charge in [-0.05, 0) is 6.92 Å². The molecule has 4 heteroatoms. The monoisotopic (exact) mass is 110 g/mol. The summed E-state index contributed by atoms with van der Waals surface area (Å²) in [6, 6.07) is 0. The van der Waals surface area contributed by atoms with Gasteiger partial charge in [0.05, 0.1) is 6.20 Å². The van der Waals surface area contributed by atoms with Gasteiger partial charge in [-0.3, -0.25) is 0 Å². The van der Waals surface area contributed by atoms with Crippen molar-refractivity contribution in [2.45, 2.75) is 6.92 Å². The van der Waals surface area contributed by atoms with Crippen LogP contribution in [0, 0.1) is 6.92 Å². The van der Waals surface area contributed by atoms with E-state index in [0.29, 0.717) is 11.6 Å². The zero-order valence-electron chi connectivity index (χ0n) is 4.50. The largest absolute Gasteiger partial charge is 0.381 e. The standard InChI is InChI=1S/C4H6N4/c1-3-6-2-4(5)8-7-3/h2H,1H3,(H2,5,8). The van der Waals surface area contributed by atoms with E-state index in [9.17, 15) is 0 Å². The Bertz CT molecular complexity index is 147. The maximum absolute atomic E-state index is 5.19. The molecule has 0 aromatic carbocycles. The third-order valence-electron chi connectivity index (χ3n) is 0.694. The number of nitrogens with two attached hydrogens (primary N) is 1. The number of aryl methyl sites for hydroxylation is 1. The van der Waals surface area contributed by atoms with Gasteiger partial charge < -0.3 is 5.73 Å². The molecule has 0 bridgehead atoms. The van der Waals surface area contributed by atoms with Gasteiger partial charge in [0.1, 0.15) is 5.82 Å². The summed E-state index contributed by atoms with van der Waals surface area (Å²) in [5, 5.41) is 7.14. The molecule has 0 saturated carbocycles. The molecular weight excluding hydrogens is 104 g/mol. The SMILES string of the molecule is Cc1ncc(N)nn1. The lowest BCUT2D eigenvalue weighted by Gasteiger charge is -1.87. The fourth-order valence-electron chi connectivity index (χ4n) is 0.341. The van der Waals surface area contributed by atoms with Crippen molar-refractivity contribution in [2.24, 2.45) is 0 Å². The minimum Gasteiger partial charge on any atom is -0.381 e. The quantitative estimate of drug-likeness (QED) is 0.500. The summed E-state index contributed by atoms with van der Waals surface area (Å²) in [5.74, 6) is 0.995. The molecule has 0 saturated heterocycles. The van der Waals surface area contributed by atoms with Crippen LogP contribution < -0.4 is 5.73 Å². The van der Waals surface area contributed by atoms with Crippen LogP contribution in [0.4, 0.5) is 5.82 Å². The van der Waals surface area contributed by atoms with E-state index in [0.717, 1.165) is 0 Å². The van der Waals surface area contributed by atoms with E-state index in [1.54, 1.807) is 6.92 Å². The molecule has 2 N–H and O–H groups in total. The number of anilines is 1. The molecule has 0 radical (unpaired) electrons. The molecule has 0 unspecified atom stereocenters. The van der Waals surface area contributed by atoms with E-state index in [1.807, 2.05) is 0 Å². The van der Waals surface area contributed by atoms with Crippen LogP contribution in [0.25, 0.3) is 0 Å². The lowest BCUT2D eigenvalue weighted by atomic mass is 10.7. The molecular formula is C4H6N4. The summed E-state index contributed by atoms with van der Waals surface area (Å²) in [5.41, 5.74) is 5.19. The minimum atomic E-state index is 0.357. The molecule has 1 heterocycles. The van der Waals surface area contributed by atoms with Crippen LogP contribution in [0.5, 0.6) is 0 Å². The Morgan fingerprint density at radius 2 is 2.25 bits per heavy atom. The van der Waals surface area contributed by atoms with E-state index in [-0.39, 0.29) is 0 Å². The summed E-state index contributed by atoms with van der Waals surface area (Å²) in [7, 11) is 0. The van der Waals surface area contributed by atoms with Crippen molar-refractivity contribution >= 4 is 5.82 Å². The number of nitrogen functional groups attached to an aromatic ring is 1. The molecule has 0 aliphatic carbocycles. The second kappa shape index (κ2) is 1.73. The number of hydrogen-bond acceptors (Lipinski definition) is 4. The summed E-state index contributed by atoms with van der Waals surface area (Å²) in [6.07, 6.45) is 1.47. The first kappa shape index (κ1) is 4.96. The fourth-order valence-corrected chi connectivity index (χ4v) is 0.341. The third kappa shape index (κ3) is 0.900. The van der Waals surface area contributed by atoms with Crippen LogP contribution in [0.2, 0.25) is 0 Å². The molecule has 0 fully saturated rings. The molecule has 0 spiro atoms. The van der Waals surface area contributed by atoms with Crippen molar-refractivity contribution in [3.05, 3.63) is 12.0 Å². The number of nitrogens with zero attached hydrogens (tertiary/aromatic N) is 3. The van der Waals surface area contributed by atoms with Crippen molar-refractivity contribution in [2.75, 3.05) is 5.73 Å². The second-order valence-electron chi connectivity index (χ2n) is 1.43. The molecule has 42 valence electrons. The zero-order chi connectivity index (χ0) is 5.98. The highest BCUT2D eigenvalue weighted by atomic mass is 15.2. The average molecular weight is 110 g/mol. The number of rotatable bonds is 0. The number of hydrogen-bond donors (Lipinski definition) is 1.